The van der Waals surface area contributed by atoms with Crippen LogP contribution in [-0.4, -0.2) is 58.9 Å². The molecule has 2 aliphatic heterocycles. The first kappa shape index (κ1) is 20.0. The maximum absolute atomic E-state index is 13.6. The van der Waals surface area contributed by atoms with E-state index in [9.17, 15) is 19.5 Å². The smallest absolute Gasteiger partial charge is 0.408 e. The topological polar surface area (TPSA) is 99.2 Å². The Morgan fingerprint density at radius 1 is 1.11 bits per heavy atom. The fourth-order valence-electron chi connectivity index (χ4n) is 3.78. The molecule has 0 bridgehead atoms. The van der Waals surface area contributed by atoms with E-state index in [0.717, 1.165) is 17.7 Å². The number of carbonyl (C=O) groups excluding carboxylic acids is 2. The number of fused-ring (bicyclic) bond motifs is 1. The third-order valence-corrected chi connectivity index (χ3v) is 5.17. The van der Waals surface area contributed by atoms with Gasteiger partial charge in [-0.25, -0.2) is 9.59 Å². The van der Waals surface area contributed by atoms with Crippen LogP contribution in [0.15, 0.2) is 24.3 Å². The number of hydrogen-bond acceptors (Lipinski definition) is 4. The van der Waals surface area contributed by atoms with Crippen LogP contribution in [0.4, 0.5) is 15.3 Å². The van der Waals surface area contributed by atoms with Gasteiger partial charge in [-0.2, -0.15) is 0 Å². The molecule has 1 fully saturated rings. The Labute approximate surface area is 164 Å². The SMILES string of the molecule is CC(C)(C)OC(=O)NC1(C(=O)N2CCc3ccccc32)CCN(C(=O)O)CC1. The number of likely N-dealkylation sites (tertiary alicyclic amines) is 1. The van der Waals surface area contributed by atoms with Crippen LogP contribution >= 0.6 is 0 Å². The van der Waals surface area contributed by atoms with Crippen LogP contribution in [0.2, 0.25) is 0 Å². The number of ether oxygens (including phenoxy) is 1. The molecule has 0 unspecified atom stereocenters. The molecular formula is C20H27N3O5. The number of rotatable bonds is 2. The van der Waals surface area contributed by atoms with Crippen molar-refractivity contribution in [3.05, 3.63) is 29.8 Å². The highest BCUT2D eigenvalue weighted by Gasteiger charge is 2.47. The van der Waals surface area contributed by atoms with Crippen molar-refractivity contribution in [2.75, 3.05) is 24.5 Å². The molecule has 0 radical (unpaired) electrons. The molecule has 8 heteroatoms. The van der Waals surface area contributed by atoms with Gasteiger partial charge in [0.05, 0.1) is 0 Å². The normalized spacial score (nSPS) is 18.4. The summed E-state index contributed by atoms with van der Waals surface area (Å²) in [6.45, 7) is 6.15. The van der Waals surface area contributed by atoms with Gasteiger partial charge in [-0.05, 0) is 51.7 Å². The van der Waals surface area contributed by atoms with Crippen molar-refractivity contribution < 1.29 is 24.2 Å². The van der Waals surface area contributed by atoms with Crippen molar-refractivity contribution in [2.45, 2.75) is 51.2 Å². The van der Waals surface area contributed by atoms with Crippen LogP contribution in [0.25, 0.3) is 0 Å². The zero-order valence-electron chi connectivity index (χ0n) is 16.5. The second kappa shape index (κ2) is 7.33. The maximum Gasteiger partial charge on any atom is 0.408 e. The van der Waals surface area contributed by atoms with Crippen LogP contribution in [0.1, 0.15) is 39.2 Å². The molecule has 3 amide bonds. The lowest BCUT2D eigenvalue weighted by Crippen LogP contribution is -2.64. The molecule has 1 aromatic carbocycles. The number of carbonyl (C=O) groups is 3. The molecule has 3 rings (SSSR count). The van der Waals surface area contributed by atoms with Crippen LogP contribution in [0, 0.1) is 0 Å². The minimum absolute atomic E-state index is 0.173. The monoisotopic (exact) mass is 389 g/mol. The minimum Gasteiger partial charge on any atom is -0.465 e. The van der Waals surface area contributed by atoms with Crippen LogP contribution in [-0.2, 0) is 16.0 Å². The minimum atomic E-state index is -1.19. The Morgan fingerprint density at radius 2 is 1.75 bits per heavy atom. The lowest BCUT2D eigenvalue weighted by molar-refractivity contribution is -0.126. The molecule has 0 aromatic heterocycles. The van der Waals surface area contributed by atoms with Crippen LogP contribution in [0.5, 0.6) is 0 Å². The van der Waals surface area contributed by atoms with Crippen molar-refractivity contribution in [3.63, 3.8) is 0 Å². The van der Waals surface area contributed by atoms with E-state index >= 15 is 0 Å². The van der Waals surface area contributed by atoms with E-state index in [-0.39, 0.29) is 31.8 Å². The molecule has 8 nitrogen and oxygen atoms in total. The van der Waals surface area contributed by atoms with Crippen LogP contribution in [0.3, 0.4) is 0 Å². The Bertz CT molecular complexity index is 778. The van der Waals surface area contributed by atoms with Gasteiger partial charge in [-0.3, -0.25) is 4.79 Å². The van der Waals surface area contributed by atoms with Crippen molar-refractivity contribution in [1.29, 1.82) is 0 Å². The zero-order valence-corrected chi connectivity index (χ0v) is 16.5. The summed E-state index contributed by atoms with van der Waals surface area (Å²) in [7, 11) is 0. The number of anilines is 1. The number of alkyl carbamates (subject to hydrolysis) is 1. The molecule has 0 atom stereocenters. The third kappa shape index (κ3) is 4.05. The molecule has 2 heterocycles. The summed E-state index contributed by atoms with van der Waals surface area (Å²) in [5, 5.41) is 12.0. The number of benzene rings is 1. The van der Waals surface area contributed by atoms with Gasteiger partial charge in [0.1, 0.15) is 11.1 Å². The predicted molar refractivity (Wildman–Crippen MR) is 103 cm³/mol. The van der Waals surface area contributed by atoms with Gasteiger partial charge in [0.15, 0.2) is 0 Å². The highest BCUT2D eigenvalue weighted by Crippen LogP contribution is 2.33. The molecule has 0 aliphatic carbocycles. The first-order valence-electron chi connectivity index (χ1n) is 9.50. The summed E-state index contributed by atoms with van der Waals surface area (Å²) >= 11 is 0. The summed E-state index contributed by atoms with van der Waals surface area (Å²) in [5.41, 5.74) is 0.0481. The van der Waals surface area contributed by atoms with E-state index in [1.807, 2.05) is 24.3 Å². The van der Waals surface area contributed by atoms with E-state index in [1.54, 1.807) is 25.7 Å². The van der Waals surface area contributed by atoms with Crippen LogP contribution < -0.4 is 10.2 Å². The van der Waals surface area contributed by atoms with Crippen molar-refractivity contribution >= 4 is 23.8 Å². The standard InChI is InChI=1S/C20H27N3O5/c1-19(2,3)28-17(25)21-20(9-12-22(13-10-20)18(26)27)16(24)23-11-8-14-6-4-5-7-15(14)23/h4-7H,8-13H2,1-3H3,(H,21,25)(H,26,27). The largest absolute Gasteiger partial charge is 0.465 e. The average molecular weight is 389 g/mol. The molecule has 0 spiro atoms. The maximum atomic E-state index is 13.6. The highest BCUT2D eigenvalue weighted by molar-refractivity contribution is 6.03. The number of para-hydroxylation sites is 1. The van der Waals surface area contributed by atoms with Crippen molar-refractivity contribution in [2.24, 2.45) is 0 Å². The summed E-state index contributed by atoms with van der Waals surface area (Å²) in [4.78, 5) is 40.3. The molecule has 28 heavy (non-hydrogen) atoms. The Balaban J connectivity index is 1.85. The van der Waals surface area contributed by atoms with Gasteiger partial charge in [-0.1, -0.05) is 18.2 Å². The Kier molecular flexibility index (Phi) is 5.23. The number of nitrogens with zero attached hydrogens (tertiary/aromatic N) is 2. The second-order valence-electron chi connectivity index (χ2n) is 8.31. The summed E-state index contributed by atoms with van der Waals surface area (Å²) < 4.78 is 5.37. The summed E-state index contributed by atoms with van der Waals surface area (Å²) in [6.07, 6.45) is -0.528. The number of carboxylic acid groups (broad SMARTS) is 1. The molecular weight excluding hydrogens is 362 g/mol. The average Bonchev–Trinajstić information content (AvgIpc) is 3.03. The van der Waals surface area contributed by atoms with Gasteiger partial charge < -0.3 is 25.0 Å². The first-order chi connectivity index (χ1) is 13.1. The number of piperidine rings is 1. The van der Waals surface area contributed by atoms with E-state index in [4.69, 9.17) is 4.74 Å². The van der Waals surface area contributed by atoms with Gasteiger partial charge in [0, 0.05) is 25.3 Å². The highest BCUT2D eigenvalue weighted by atomic mass is 16.6. The number of amides is 3. The molecule has 1 aromatic rings. The van der Waals surface area contributed by atoms with Gasteiger partial charge in [0.2, 0.25) is 0 Å². The summed E-state index contributed by atoms with van der Waals surface area (Å²) in [5.74, 6) is -0.214. The Hall–Kier alpha value is -2.77. The molecule has 0 saturated carbocycles. The molecule has 1 saturated heterocycles. The molecule has 152 valence electrons. The second-order valence-corrected chi connectivity index (χ2v) is 8.31. The fourth-order valence-corrected chi connectivity index (χ4v) is 3.78. The van der Waals surface area contributed by atoms with Crippen molar-refractivity contribution in [3.8, 4) is 0 Å². The van der Waals surface area contributed by atoms with E-state index < -0.39 is 23.3 Å². The van der Waals surface area contributed by atoms with E-state index in [2.05, 4.69) is 5.32 Å². The summed E-state index contributed by atoms with van der Waals surface area (Å²) in [6, 6.07) is 7.70. The predicted octanol–water partition coefficient (Wildman–Crippen LogP) is 2.61. The van der Waals surface area contributed by atoms with Gasteiger partial charge in [0.25, 0.3) is 5.91 Å². The zero-order chi connectivity index (χ0) is 20.5. The lowest BCUT2D eigenvalue weighted by atomic mass is 9.86. The molecule has 2 N–H and O–H groups in total. The third-order valence-electron chi connectivity index (χ3n) is 5.17. The van der Waals surface area contributed by atoms with Gasteiger partial charge in [-0.15, -0.1) is 0 Å². The number of nitrogens with one attached hydrogen (secondary N) is 1. The lowest BCUT2D eigenvalue weighted by Gasteiger charge is -2.42. The van der Waals surface area contributed by atoms with Gasteiger partial charge >= 0.3 is 12.2 Å². The fraction of sp³-hybridized carbons (Fsp3) is 0.550. The quantitative estimate of drug-likeness (QED) is 0.810. The van der Waals surface area contributed by atoms with E-state index in [0.29, 0.717) is 6.54 Å². The first-order valence-corrected chi connectivity index (χ1v) is 9.50. The molecule has 2 aliphatic rings. The Morgan fingerprint density at radius 3 is 2.36 bits per heavy atom. The van der Waals surface area contributed by atoms with Crippen molar-refractivity contribution in [1.82, 2.24) is 10.2 Å². The number of hydrogen-bond donors (Lipinski definition) is 2. The van der Waals surface area contributed by atoms with E-state index in [1.165, 1.54) is 4.90 Å².